The number of hydrogen-bond acceptors (Lipinski definition) is 7. The molecule has 0 radical (unpaired) electrons. The minimum atomic E-state index is -0.0819. The van der Waals surface area contributed by atoms with Crippen molar-refractivity contribution in [3.63, 3.8) is 0 Å². The lowest BCUT2D eigenvalue weighted by Crippen LogP contribution is -2.47. The van der Waals surface area contributed by atoms with Crippen LogP contribution in [0.1, 0.15) is 17.7 Å². The number of carbonyl (C=O) groups excluding carboxylic acids is 1. The average Bonchev–Trinajstić information content (AvgIpc) is 2.91. The standard InChI is InChI=1S/C26H30N6O2/c33-25(11-8-22-6-9-24(10-7-22)34-21-23-5-1-2-12-27-23)28-15-4-16-31-17-19-32(20-18-31)26-29-13-3-14-30-26/h1-3,5-14H,4,15-21H2,(H,28,33)/b11-8+. The first-order valence-corrected chi connectivity index (χ1v) is 11.6. The number of benzene rings is 1. The average molecular weight is 459 g/mol. The number of carbonyl (C=O) groups is 1. The fraction of sp³-hybridized carbons (Fsp3) is 0.308. The van der Waals surface area contributed by atoms with Gasteiger partial charge in [-0.05, 0) is 54.9 Å². The number of aromatic nitrogens is 3. The smallest absolute Gasteiger partial charge is 0.243 e. The molecule has 1 fully saturated rings. The van der Waals surface area contributed by atoms with Crippen molar-refractivity contribution in [2.24, 2.45) is 0 Å². The number of hydrogen-bond donors (Lipinski definition) is 1. The van der Waals surface area contributed by atoms with Gasteiger partial charge < -0.3 is 15.0 Å². The summed E-state index contributed by atoms with van der Waals surface area (Å²) in [5.74, 6) is 1.48. The molecule has 0 bridgehead atoms. The topological polar surface area (TPSA) is 83.5 Å². The predicted molar refractivity (Wildman–Crippen MR) is 132 cm³/mol. The van der Waals surface area contributed by atoms with Gasteiger partial charge in [-0.2, -0.15) is 0 Å². The van der Waals surface area contributed by atoms with Crippen molar-refractivity contribution in [3.8, 4) is 5.75 Å². The molecule has 0 saturated carbocycles. The molecule has 0 atom stereocenters. The molecule has 0 aliphatic carbocycles. The molecule has 8 nitrogen and oxygen atoms in total. The van der Waals surface area contributed by atoms with Crippen LogP contribution in [0.2, 0.25) is 0 Å². The van der Waals surface area contributed by atoms with E-state index in [0.717, 1.165) is 62.1 Å². The van der Waals surface area contributed by atoms with Crippen LogP contribution in [-0.2, 0) is 11.4 Å². The molecule has 0 spiro atoms. The summed E-state index contributed by atoms with van der Waals surface area (Å²) in [4.78, 5) is 29.6. The lowest BCUT2D eigenvalue weighted by molar-refractivity contribution is -0.116. The molecule has 1 amide bonds. The van der Waals surface area contributed by atoms with Crippen molar-refractivity contribution in [1.82, 2.24) is 25.2 Å². The summed E-state index contributed by atoms with van der Waals surface area (Å²) in [6.45, 7) is 5.86. The highest BCUT2D eigenvalue weighted by Gasteiger charge is 2.18. The first kappa shape index (κ1) is 23.4. The van der Waals surface area contributed by atoms with Crippen molar-refractivity contribution >= 4 is 17.9 Å². The Morgan fingerprint density at radius 2 is 1.71 bits per heavy atom. The summed E-state index contributed by atoms with van der Waals surface area (Å²) < 4.78 is 5.74. The maximum atomic E-state index is 12.1. The van der Waals surface area contributed by atoms with Crippen LogP contribution >= 0.6 is 0 Å². The van der Waals surface area contributed by atoms with E-state index in [9.17, 15) is 4.79 Å². The summed E-state index contributed by atoms with van der Waals surface area (Å²) in [5.41, 5.74) is 1.83. The molecule has 34 heavy (non-hydrogen) atoms. The Hall–Kier alpha value is -3.78. The van der Waals surface area contributed by atoms with E-state index in [0.29, 0.717) is 13.2 Å². The van der Waals surface area contributed by atoms with Crippen LogP contribution < -0.4 is 15.0 Å². The fourth-order valence-electron chi connectivity index (χ4n) is 3.69. The third-order valence-electron chi connectivity index (χ3n) is 5.58. The zero-order valence-corrected chi connectivity index (χ0v) is 19.2. The van der Waals surface area contributed by atoms with Gasteiger partial charge in [-0.15, -0.1) is 0 Å². The molecule has 3 aromatic rings. The van der Waals surface area contributed by atoms with Gasteiger partial charge in [-0.1, -0.05) is 18.2 Å². The van der Waals surface area contributed by atoms with Gasteiger partial charge in [0.2, 0.25) is 11.9 Å². The quantitative estimate of drug-likeness (QED) is 0.369. The summed E-state index contributed by atoms with van der Waals surface area (Å²) in [6.07, 6.45) is 9.61. The van der Waals surface area contributed by atoms with Gasteiger partial charge in [-0.3, -0.25) is 14.7 Å². The van der Waals surface area contributed by atoms with Gasteiger partial charge in [0.15, 0.2) is 0 Å². The molecule has 0 unspecified atom stereocenters. The molecule has 1 N–H and O–H groups in total. The van der Waals surface area contributed by atoms with E-state index in [4.69, 9.17) is 4.74 Å². The first-order chi connectivity index (χ1) is 16.8. The summed E-state index contributed by atoms with van der Waals surface area (Å²) >= 11 is 0. The maximum absolute atomic E-state index is 12.1. The van der Waals surface area contributed by atoms with Crippen molar-refractivity contribution in [3.05, 3.63) is 84.5 Å². The number of rotatable bonds is 10. The number of nitrogens with one attached hydrogen (secondary N) is 1. The van der Waals surface area contributed by atoms with Crippen molar-refractivity contribution < 1.29 is 9.53 Å². The molecular weight excluding hydrogens is 428 g/mol. The van der Waals surface area contributed by atoms with E-state index in [2.05, 4.69) is 30.1 Å². The third-order valence-corrected chi connectivity index (χ3v) is 5.58. The summed E-state index contributed by atoms with van der Waals surface area (Å²) in [6, 6.07) is 15.2. The van der Waals surface area contributed by atoms with Crippen LogP contribution in [0.15, 0.2) is 73.2 Å². The van der Waals surface area contributed by atoms with E-state index in [1.54, 1.807) is 24.7 Å². The van der Waals surface area contributed by atoms with Crippen LogP contribution in [0.4, 0.5) is 5.95 Å². The van der Waals surface area contributed by atoms with Gasteiger partial charge in [0, 0.05) is 57.4 Å². The zero-order chi connectivity index (χ0) is 23.4. The lowest BCUT2D eigenvalue weighted by Gasteiger charge is -2.34. The van der Waals surface area contributed by atoms with E-state index in [1.165, 1.54) is 0 Å². The Morgan fingerprint density at radius 1 is 0.941 bits per heavy atom. The second-order valence-electron chi connectivity index (χ2n) is 8.03. The Kier molecular flexibility index (Phi) is 8.57. The lowest BCUT2D eigenvalue weighted by atomic mass is 10.2. The second-order valence-corrected chi connectivity index (χ2v) is 8.03. The SMILES string of the molecule is O=C(/C=C/c1ccc(OCc2ccccn2)cc1)NCCCN1CCN(c2ncccn2)CC1. The summed E-state index contributed by atoms with van der Waals surface area (Å²) in [5, 5.41) is 2.96. The highest BCUT2D eigenvalue weighted by molar-refractivity contribution is 5.91. The molecule has 1 aromatic carbocycles. The van der Waals surface area contributed by atoms with Crippen LogP contribution in [0.25, 0.3) is 6.08 Å². The second kappa shape index (κ2) is 12.5. The van der Waals surface area contributed by atoms with Crippen molar-refractivity contribution in [1.29, 1.82) is 0 Å². The Balaban J connectivity index is 1.10. The van der Waals surface area contributed by atoms with Gasteiger partial charge in [0.25, 0.3) is 0 Å². The number of amides is 1. The van der Waals surface area contributed by atoms with Gasteiger partial charge in [-0.25, -0.2) is 9.97 Å². The molecular formula is C26H30N6O2. The monoisotopic (exact) mass is 458 g/mol. The van der Waals surface area contributed by atoms with Crippen LogP contribution in [0.3, 0.4) is 0 Å². The first-order valence-electron chi connectivity index (χ1n) is 11.6. The van der Waals surface area contributed by atoms with E-state index < -0.39 is 0 Å². The fourth-order valence-corrected chi connectivity index (χ4v) is 3.69. The number of nitrogens with zero attached hydrogens (tertiary/aromatic N) is 5. The van der Waals surface area contributed by atoms with E-state index >= 15 is 0 Å². The molecule has 3 heterocycles. The van der Waals surface area contributed by atoms with Crippen LogP contribution in [-0.4, -0.2) is 65.0 Å². The maximum Gasteiger partial charge on any atom is 0.243 e. The Bertz CT molecular complexity index is 1040. The number of anilines is 1. The molecule has 4 rings (SSSR count). The van der Waals surface area contributed by atoms with Gasteiger partial charge in [0.05, 0.1) is 5.69 Å². The predicted octanol–water partition coefficient (Wildman–Crippen LogP) is 2.79. The van der Waals surface area contributed by atoms with E-state index in [1.807, 2.05) is 54.6 Å². The third kappa shape index (κ3) is 7.38. The Morgan fingerprint density at radius 3 is 2.44 bits per heavy atom. The van der Waals surface area contributed by atoms with Crippen molar-refractivity contribution in [2.45, 2.75) is 13.0 Å². The molecule has 1 saturated heterocycles. The molecule has 1 aliphatic heterocycles. The van der Waals surface area contributed by atoms with Crippen LogP contribution in [0.5, 0.6) is 5.75 Å². The van der Waals surface area contributed by atoms with Crippen LogP contribution in [0, 0.1) is 0 Å². The number of piperazine rings is 1. The highest BCUT2D eigenvalue weighted by Crippen LogP contribution is 2.14. The molecule has 8 heteroatoms. The molecule has 1 aliphatic rings. The number of pyridine rings is 1. The van der Waals surface area contributed by atoms with Gasteiger partial charge in [0.1, 0.15) is 12.4 Å². The number of ether oxygens (including phenoxy) is 1. The minimum Gasteiger partial charge on any atom is -0.487 e. The molecule has 2 aromatic heterocycles. The molecule has 176 valence electrons. The Labute approximate surface area is 200 Å². The van der Waals surface area contributed by atoms with Crippen molar-refractivity contribution in [2.75, 3.05) is 44.2 Å². The zero-order valence-electron chi connectivity index (χ0n) is 19.2. The van der Waals surface area contributed by atoms with E-state index in [-0.39, 0.29) is 5.91 Å². The largest absolute Gasteiger partial charge is 0.487 e. The van der Waals surface area contributed by atoms with Gasteiger partial charge >= 0.3 is 0 Å². The summed E-state index contributed by atoms with van der Waals surface area (Å²) in [7, 11) is 0. The normalized spacial score (nSPS) is 14.3. The minimum absolute atomic E-state index is 0.0819. The highest BCUT2D eigenvalue weighted by atomic mass is 16.5.